The van der Waals surface area contributed by atoms with Crippen molar-refractivity contribution in [1.82, 2.24) is 4.57 Å². The third-order valence-corrected chi connectivity index (χ3v) is 8.57. The molecule has 5 rings (SSSR count). The Morgan fingerprint density at radius 2 is 1.65 bits per heavy atom. The molecule has 11 heteroatoms. The van der Waals surface area contributed by atoms with Crippen LogP contribution in [-0.4, -0.2) is 36.8 Å². The van der Waals surface area contributed by atoms with Gasteiger partial charge in [-0.2, -0.15) is 0 Å². The van der Waals surface area contributed by atoms with Crippen LogP contribution in [0, 0.1) is 6.92 Å². The highest BCUT2D eigenvalue weighted by Gasteiger charge is 2.33. The molecule has 1 atom stereocenters. The number of hydrogen-bond donors (Lipinski definition) is 0. The zero-order chi connectivity index (χ0) is 33.0. The number of benzene rings is 3. The summed E-state index contributed by atoms with van der Waals surface area (Å²) in [6, 6.07) is 17.3. The lowest BCUT2D eigenvalue weighted by molar-refractivity contribution is -0.139. The van der Waals surface area contributed by atoms with E-state index in [0.717, 1.165) is 16.7 Å². The molecule has 0 aliphatic carbocycles. The van der Waals surface area contributed by atoms with Crippen LogP contribution < -0.4 is 24.4 Å². The first kappa shape index (κ1) is 32.7. The number of aromatic nitrogens is 1. The number of ether oxygens (including phenoxy) is 4. The summed E-state index contributed by atoms with van der Waals surface area (Å²) in [5.41, 5.74) is 4.24. The average molecular weight is 661 g/mol. The molecule has 1 aliphatic rings. The summed E-state index contributed by atoms with van der Waals surface area (Å²) < 4.78 is 24.0. The SMILES string of the molecule is CCOC(=O)C1=C(C)N=c2s/c(=C\c3cc(Cl)c(OCc4ccc(C(=O)OCC)cc4)c(OC)c3)c(=O)n2[C@@H]1c1ccc(C)cc1. The van der Waals surface area contributed by atoms with Crippen LogP contribution in [0.4, 0.5) is 0 Å². The van der Waals surface area contributed by atoms with E-state index in [1.165, 1.54) is 18.4 Å². The van der Waals surface area contributed by atoms with E-state index in [1.54, 1.807) is 67.8 Å². The molecule has 3 aromatic carbocycles. The molecule has 0 bridgehead atoms. The van der Waals surface area contributed by atoms with Gasteiger partial charge in [0.05, 0.1) is 52.8 Å². The third kappa shape index (κ3) is 6.78. The summed E-state index contributed by atoms with van der Waals surface area (Å²) in [5.74, 6) is -0.174. The topological polar surface area (TPSA) is 105 Å². The molecule has 0 radical (unpaired) electrons. The van der Waals surface area contributed by atoms with Gasteiger partial charge in [-0.1, -0.05) is 64.9 Å². The van der Waals surface area contributed by atoms with Crippen LogP contribution in [0.2, 0.25) is 5.02 Å². The number of carbonyl (C=O) groups excluding carboxylic acids is 2. The van der Waals surface area contributed by atoms with Gasteiger partial charge < -0.3 is 18.9 Å². The molecule has 9 nitrogen and oxygen atoms in total. The maximum absolute atomic E-state index is 14.0. The van der Waals surface area contributed by atoms with Gasteiger partial charge in [0.1, 0.15) is 6.61 Å². The minimum Gasteiger partial charge on any atom is -0.493 e. The van der Waals surface area contributed by atoms with Crippen LogP contribution in [0.3, 0.4) is 0 Å². The number of hydrogen-bond acceptors (Lipinski definition) is 9. The Labute approximate surface area is 275 Å². The van der Waals surface area contributed by atoms with Gasteiger partial charge in [-0.25, -0.2) is 14.6 Å². The quantitative estimate of drug-likeness (QED) is 0.206. The minimum atomic E-state index is -0.696. The minimum absolute atomic E-state index is 0.179. The van der Waals surface area contributed by atoms with Crippen molar-refractivity contribution < 1.29 is 28.5 Å². The number of carbonyl (C=O) groups is 2. The fourth-order valence-electron chi connectivity index (χ4n) is 5.08. The molecule has 0 spiro atoms. The second-order valence-corrected chi connectivity index (χ2v) is 11.9. The second-order valence-electron chi connectivity index (χ2n) is 10.5. The maximum atomic E-state index is 14.0. The lowest BCUT2D eigenvalue weighted by Gasteiger charge is -2.24. The molecule has 46 heavy (non-hydrogen) atoms. The smallest absolute Gasteiger partial charge is 0.338 e. The largest absolute Gasteiger partial charge is 0.493 e. The number of thiazole rings is 1. The summed E-state index contributed by atoms with van der Waals surface area (Å²) in [4.78, 5) is 44.1. The molecular weight excluding hydrogens is 628 g/mol. The predicted molar refractivity (Wildman–Crippen MR) is 176 cm³/mol. The van der Waals surface area contributed by atoms with Gasteiger partial charge in [0.15, 0.2) is 16.3 Å². The van der Waals surface area contributed by atoms with Gasteiger partial charge in [0.25, 0.3) is 5.56 Å². The maximum Gasteiger partial charge on any atom is 0.338 e. The Morgan fingerprint density at radius 3 is 2.30 bits per heavy atom. The van der Waals surface area contributed by atoms with Crippen molar-refractivity contribution in [3.05, 3.63) is 124 Å². The zero-order valence-electron chi connectivity index (χ0n) is 26.1. The molecule has 0 amide bonds. The highest BCUT2D eigenvalue weighted by Crippen LogP contribution is 2.37. The van der Waals surface area contributed by atoms with Crippen LogP contribution in [-0.2, 0) is 20.9 Å². The van der Waals surface area contributed by atoms with Crippen molar-refractivity contribution in [3.63, 3.8) is 0 Å². The van der Waals surface area contributed by atoms with Crippen molar-refractivity contribution in [3.8, 4) is 11.5 Å². The van der Waals surface area contributed by atoms with E-state index >= 15 is 0 Å². The summed E-state index contributed by atoms with van der Waals surface area (Å²) in [5, 5.41) is 0.291. The van der Waals surface area contributed by atoms with E-state index in [2.05, 4.69) is 4.99 Å². The molecular formula is C35H33ClN2O7S. The first-order chi connectivity index (χ1) is 22.1. The molecule has 1 aromatic heterocycles. The molecule has 238 valence electrons. The number of allylic oxidation sites excluding steroid dienone is 1. The molecule has 0 unspecified atom stereocenters. The first-order valence-corrected chi connectivity index (χ1v) is 15.9. The van der Waals surface area contributed by atoms with Crippen molar-refractivity contribution in [2.45, 2.75) is 40.3 Å². The van der Waals surface area contributed by atoms with Crippen LogP contribution in [0.25, 0.3) is 6.08 Å². The normalized spacial score (nSPS) is 14.4. The number of aryl methyl sites for hydroxylation is 1. The summed E-state index contributed by atoms with van der Waals surface area (Å²) >= 11 is 7.88. The lowest BCUT2D eigenvalue weighted by atomic mass is 9.95. The van der Waals surface area contributed by atoms with E-state index in [-0.39, 0.29) is 24.7 Å². The standard InChI is InChI=1S/C35H33ClN2O7S/c1-6-43-33(40)25-14-10-22(11-15-25)19-45-31-26(36)16-23(17-27(31)42-5)18-28-32(39)38-30(24-12-8-20(3)9-13-24)29(34(41)44-7-2)21(4)37-35(38)46-28/h8-18,30H,6-7,19H2,1-5H3/b28-18-/t30-/m1/s1. The van der Waals surface area contributed by atoms with Gasteiger partial charge in [-0.05, 0) is 74.7 Å². The van der Waals surface area contributed by atoms with Crippen LogP contribution in [0.5, 0.6) is 11.5 Å². The molecule has 0 fully saturated rings. The van der Waals surface area contributed by atoms with E-state index < -0.39 is 12.0 Å². The molecule has 1 aliphatic heterocycles. The van der Waals surface area contributed by atoms with Crippen LogP contribution in [0.1, 0.15) is 59.4 Å². The van der Waals surface area contributed by atoms with Gasteiger partial charge in [-0.15, -0.1) is 0 Å². The Kier molecular flexibility index (Phi) is 10.1. The number of nitrogens with zero attached hydrogens (tertiary/aromatic N) is 2. The van der Waals surface area contributed by atoms with Gasteiger partial charge in [0, 0.05) is 0 Å². The van der Waals surface area contributed by atoms with Crippen molar-refractivity contribution in [2.75, 3.05) is 20.3 Å². The fraction of sp³-hybridized carbons (Fsp3) is 0.257. The predicted octanol–water partition coefficient (Wildman–Crippen LogP) is 5.52. The first-order valence-electron chi connectivity index (χ1n) is 14.7. The summed E-state index contributed by atoms with van der Waals surface area (Å²) in [6.07, 6.45) is 1.71. The highest BCUT2D eigenvalue weighted by molar-refractivity contribution is 7.07. The zero-order valence-corrected chi connectivity index (χ0v) is 27.7. The van der Waals surface area contributed by atoms with E-state index in [1.807, 2.05) is 31.2 Å². The number of fused-ring (bicyclic) bond motifs is 1. The Hall–Kier alpha value is -4.67. The summed E-state index contributed by atoms with van der Waals surface area (Å²) in [7, 11) is 1.51. The third-order valence-electron chi connectivity index (χ3n) is 7.31. The summed E-state index contributed by atoms with van der Waals surface area (Å²) in [6.45, 7) is 7.90. The Morgan fingerprint density at radius 1 is 0.978 bits per heavy atom. The molecule has 2 heterocycles. The number of methoxy groups -OCH3 is 1. The fourth-order valence-corrected chi connectivity index (χ4v) is 6.40. The van der Waals surface area contributed by atoms with Gasteiger partial charge in [-0.3, -0.25) is 9.36 Å². The molecule has 0 saturated carbocycles. The number of halogens is 1. The van der Waals surface area contributed by atoms with Gasteiger partial charge in [0.2, 0.25) is 0 Å². The van der Waals surface area contributed by atoms with E-state index in [0.29, 0.717) is 54.9 Å². The lowest BCUT2D eigenvalue weighted by Crippen LogP contribution is -2.39. The van der Waals surface area contributed by atoms with E-state index in [4.69, 9.17) is 30.5 Å². The highest BCUT2D eigenvalue weighted by atomic mass is 35.5. The average Bonchev–Trinajstić information content (AvgIpc) is 3.34. The number of esters is 2. The van der Waals surface area contributed by atoms with Crippen molar-refractivity contribution >= 4 is 41.0 Å². The van der Waals surface area contributed by atoms with Crippen LogP contribution in [0.15, 0.2) is 81.7 Å². The van der Waals surface area contributed by atoms with Crippen molar-refractivity contribution in [2.24, 2.45) is 4.99 Å². The van der Waals surface area contributed by atoms with Crippen LogP contribution >= 0.6 is 22.9 Å². The van der Waals surface area contributed by atoms with Crippen molar-refractivity contribution in [1.29, 1.82) is 0 Å². The number of rotatable bonds is 10. The monoisotopic (exact) mass is 660 g/mol. The Balaban J connectivity index is 1.49. The van der Waals surface area contributed by atoms with E-state index in [9.17, 15) is 14.4 Å². The molecule has 0 saturated heterocycles. The molecule has 4 aromatic rings. The second kappa shape index (κ2) is 14.2. The Bertz CT molecular complexity index is 1990. The molecule has 0 N–H and O–H groups in total. The van der Waals surface area contributed by atoms with Gasteiger partial charge >= 0.3 is 11.9 Å².